The number of H-pyrrole nitrogens is 1. The van der Waals surface area contributed by atoms with Gasteiger partial charge in [-0.2, -0.15) is 0 Å². The maximum Gasteiger partial charge on any atom is 0.332 e. The average molecular weight is 461 g/mol. The number of aliphatic carboxylic acids is 1. The van der Waals surface area contributed by atoms with E-state index in [1.165, 1.54) is 0 Å². The fourth-order valence-corrected chi connectivity index (χ4v) is 2.67. The zero-order chi connectivity index (χ0) is 47.3. The van der Waals surface area contributed by atoms with Gasteiger partial charge in [0.05, 0.1) is 2.74 Å². The van der Waals surface area contributed by atoms with Gasteiger partial charge < -0.3 is 10.1 Å². The zero-order valence-corrected chi connectivity index (χ0v) is 15.8. The lowest BCUT2D eigenvalue weighted by molar-refractivity contribution is -0.137. The summed E-state index contributed by atoms with van der Waals surface area (Å²) in [4.78, 5) is 45.7. The summed E-state index contributed by atoms with van der Waals surface area (Å²) >= 11 is 0. The van der Waals surface area contributed by atoms with E-state index in [0.29, 0.717) is 0 Å². The highest BCUT2D eigenvalue weighted by Gasteiger charge is 2.42. The Balaban J connectivity index is 2.78. The van der Waals surface area contributed by atoms with Crippen LogP contribution in [0.5, 0.6) is 0 Å². The molecule has 0 radical (unpaired) electrons. The second-order valence-corrected chi connectivity index (χ2v) is 6.28. The molecule has 0 atom stereocenters. The van der Waals surface area contributed by atoms with Gasteiger partial charge in [0.2, 0.25) is 0 Å². The smallest absolute Gasteiger partial charge is 0.332 e. The van der Waals surface area contributed by atoms with Crippen molar-refractivity contribution in [2.45, 2.75) is 103 Å². The molecule has 0 bridgehead atoms. The predicted molar refractivity (Wildman–Crippen MR) is 121 cm³/mol. The fraction of sp³-hybridized carbons (Fsp3) is 0.739. The van der Waals surface area contributed by atoms with Crippen molar-refractivity contribution in [2.75, 3.05) is 0 Å². The summed E-state index contributed by atoms with van der Waals surface area (Å²) in [6.45, 7) is -16.9. The lowest BCUT2D eigenvalue weighted by Gasteiger charge is -2.44. The van der Waals surface area contributed by atoms with Gasteiger partial charge in [-0.3, -0.25) is 18.7 Å². The first-order chi connectivity index (χ1) is 25.5. The second-order valence-electron chi connectivity index (χ2n) is 6.28. The van der Waals surface area contributed by atoms with Crippen molar-refractivity contribution in [3.8, 4) is 0 Å². The molecule has 2 aromatic rings. The highest BCUT2D eigenvalue weighted by Crippen LogP contribution is 2.50. The lowest BCUT2D eigenvalue weighted by Crippen LogP contribution is -2.40. The van der Waals surface area contributed by atoms with Gasteiger partial charge in [0, 0.05) is 60.5 Å². The Kier molecular flexibility index (Phi) is 1.85. The van der Waals surface area contributed by atoms with E-state index >= 15 is 0 Å². The summed E-state index contributed by atoms with van der Waals surface area (Å²) in [6.07, 6.45) is -41.0. The number of carboxylic acid groups (broad SMARTS) is 1. The van der Waals surface area contributed by atoms with Gasteiger partial charge in [-0.1, -0.05) is 33.9 Å². The Morgan fingerprint density at radius 3 is 2.65 bits per heavy atom. The normalized spacial score (nSPS) is 47.5. The van der Waals surface area contributed by atoms with Crippen molar-refractivity contribution in [3.05, 3.63) is 26.7 Å². The molecule has 0 spiro atoms. The largest absolute Gasteiger partial charge is 0.481 e. The van der Waals surface area contributed by atoms with E-state index in [1.807, 2.05) is 4.98 Å². The average Bonchev–Trinajstić information content (AvgIpc) is 3.46. The number of aryl methyl sites for hydroxylation is 1. The number of fused-ring (bicyclic) bond motifs is 1. The zero-order valence-electron chi connectivity index (χ0n) is 43.8. The molecule has 8 heteroatoms. The van der Waals surface area contributed by atoms with Crippen LogP contribution in [0.2, 0.25) is 0 Å². The van der Waals surface area contributed by atoms with Gasteiger partial charge in [0.25, 0.3) is 5.56 Å². The molecule has 2 heterocycles. The first-order valence-electron chi connectivity index (χ1n) is 22.5. The minimum atomic E-state index is -5.05. The van der Waals surface area contributed by atoms with Crippen molar-refractivity contribution in [1.29, 1.82) is 0 Å². The number of rotatable bonds is 9. The number of nitrogens with zero attached hydrogens (tertiary/aromatic N) is 3. The minimum absolute atomic E-state index is 0.190. The van der Waals surface area contributed by atoms with Crippen LogP contribution >= 0.6 is 0 Å². The molecule has 0 aromatic carbocycles. The summed E-state index contributed by atoms with van der Waals surface area (Å²) in [7, 11) is 0. The number of hydrogen-bond donors (Lipinski definition) is 2. The number of nitrogens with one attached hydrogen (secondary N) is 1. The van der Waals surface area contributed by atoms with E-state index < -0.39 is 141 Å². The molecule has 1 saturated carbocycles. The number of carboxylic acids is 1. The maximum atomic E-state index is 14.0. The Morgan fingerprint density at radius 1 is 1.26 bits per heavy atom. The van der Waals surface area contributed by atoms with Crippen LogP contribution < -0.4 is 11.2 Å². The maximum absolute atomic E-state index is 14.0. The van der Waals surface area contributed by atoms with Crippen molar-refractivity contribution in [1.82, 2.24) is 19.1 Å². The Hall–Kier alpha value is -2.38. The van der Waals surface area contributed by atoms with Crippen molar-refractivity contribution in [2.24, 2.45) is 5.41 Å². The topological polar surface area (TPSA) is 110 Å². The molecule has 0 amide bonds. The number of hydrogen-bond acceptors (Lipinski definition) is 4. The standard InChI is InChI=1S/C23H36N4O4/c1-5-14-26-18-17(19(30)27(15-6-2)21(26)31)24-20(25-18)22(4)10-12-23(7-3,13-11-22)9-8-16(28)29/h5-15H2,1-4H3,(H,24,25)(H,28,29)/i1D3,2D3,3D2,5D2,6D2,7D2,8D2,9D2,10D2,11D2,12D2,13D2,15D2. The molecule has 31 heavy (non-hydrogen) atoms. The number of imidazole rings is 1. The molecule has 2 aromatic heterocycles. The van der Waals surface area contributed by atoms with Gasteiger partial charge in [-0.25, -0.2) is 9.78 Å². The Labute approximate surface area is 222 Å². The van der Waals surface area contributed by atoms with E-state index in [1.54, 1.807) is 0 Å². The van der Waals surface area contributed by atoms with Gasteiger partial charge in [0.15, 0.2) is 5.65 Å². The minimum Gasteiger partial charge on any atom is -0.481 e. The molecule has 2 N–H and O–H groups in total. The van der Waals surface area contributed by atoms with Gasteiger partial charge in [-0.05, 0) is 50.0 Å². The van der Waals surface area contributed by atoms with E-state index in [-0.39, 0.29) is 11.5 Å². The monoisotopic (exact) mass is 460 g/mol. The van der Waals surface area contributed by atoms with Crippen molar-refractivity contribution >= 4 is 17.1 Å². The molecular formula is C23H36N4O4. The van der Waals surface area contributed by atoms with Crippen LogP contribution in [0.15, 0.2) is 9.59 Å². The van der Waals surface area contributed by atoms with Crippen LogP contribution in [-0.2, 0) is 23.3 Å². The molecule has 0 aliphatic heterocycles. The van der Waals surface area contributed by atoms with E-state index in [4.69, 9.17) is 38.4 Å². The number of aromatic amines is 1. The quantitative estimate of drug-likeness (QED) is 0.591. The van der Waals surface area contributed by atoms with Crippen LogP contribution in [0.1, 0.15) is 129 Å². The molecular weight excluding hydrogens is 396 g/mol. The Bertz CT molecular complexity index is 2110. The molecule has 0 saturated heterocycles. The van der Waals surface area contributed by atoms with Crippen molar-refractivity contribution < 1.29 is 48.3 Å². The van der Waals surface area contributed by atoms with E-state index in [2.05, 4.69) is 4.98 Å². The molecule has 8 nitrogen and oxygen atoms in total. The summed E-state index contributed by atoms with van der Waals surface area (Å²) in [5.74, 6) is -4.45. The SMILES string of the molecule is [2H]C([2H])C([2H])([2H])C1(C([2H])([2H])C([2H])([2H])C(=O)O)C([2H])([2H])C([2H])([2H])C(C)(c2nc3c([nH]2)c(=O)n(C([2H])([2H])C([2H])([2H])C([2H])([2H])[2H])c(=O)n3CC([2H])([2H])C([2H])([2H])[2H])C([2H])([2H])C1([2H])[2H]. The highest BCUT2D eigenvalue weighted by atomic mass is 16.4. The van der Waals surface area contributed by atoms with Crippen LogP contribution in [0.3, 0.4) is 0 Å². The highest BCUT2D eigenvalue weighted by molar-refractivity contribution is 5.70. The second kappa shape index (κ2) is 9.01. The fourth-order valence-electron chi connectivity index (χ4n) is 2.67. The molecule has 1 aliphatic rings. The summed E-state index contributed by atoms with van der Waals surface area (Å²) in [6, 6.07) is 0. The predicted octanol–water partition coefficient (Wildman–Crippen LogP) is 3.80. The first kappa shape index (κ1) is 6.35. The third-order valence-corrected chi connectivity index (χ3v) is 4.23. The van der Waals surface area contributed by atoms with Crippen LogP contribution in [0.25, 0.3) is 11.2 Å². The Morgan fingerprint density at radius 2 is 2.00 bits per heavy atom. The number of carbonyl (C=O) groups is 1. The first-order valence-corrected chi connectivity index (χ1v) is 8.36. The van der Waals surface area contributed by atoms with E-state index in [9.17, 15) is 19.5 Å². The van der Waals surface area contributed by atoms with Gasteiger partial charge in [-0.15, -0.1) is 0 Å². The summed E-state index contributed by atoms with van der Waals surface area (Å²) in [5, 5.41) is 9.69. The molecule has 1 fully saturated rings. The molecule has 0 unspecified atom stereocenters. The summed E-state index contributed by atoms with van der Waals surface area (Å²) in [5.41, 5.74) is -16.1. The summed E-state index contributed by atoms with van der Waals surface area (Å²) < 4.78 is 232. The molecule has 1 aliphatic carbocycles. The van der Waals surface area contributed by atoms with Crippen LogP contribution in [-0.4, -0.2) is 30.2 Å². The van der Waals surface area contributed by atoms with Crippen LogP contribution in [0.4, 0.5) is 0 Å². The van der Waals surface area contributed by atoms with Gasteiger partial charge in [0.1, 0.15) is 11.3 Å². The molecule has 172 valence electrons. The van der Waals surface area contributed by atoms with Gasteiger partial charge >= 0.3 is 11.7 Å². The van der Waals surface area contributed by atoms with E-state index in [0.717, 1.165) is 0 Å². The third-order valence-electron chi connectivity index (χ3n) is 4.23. The number of aromatic nitrogens is 4. The third kappa shape index (κ3) is 4.34. The van der Waals surface area contributed by atoms with Crippen molar-refractivity contribution in [3.63, 3.8) is 0 Å². The lowest BCUT2D eigenvalue weighted by atomic mass is 9.61. The molecule has 3 rings (SSSR count). The van der Waals surface area contributed by atoms with Crippen LogP contribution in [0, 0.1) is 5.41 Å².